The minimum Gasteiger partial charge on any atom is -0.397 e. The van der Waals surface area contributed by atoms with E-state index in [0.29, 0.717) is 5.69 Å². The second-order valence-corrected chi connectivity index (χ2v) is 4.86. The zero-order valence-corrected chi connectivity index (χ0v) is 10.3. The van der Waals surface area contributed by atoms with E-state index in [-0.39, 0.29) is 11.1 Å². The molecule has 1 aliphatic rings. The largest absolute Gasteiger partial charge is 0.397 e. The summed E-state index contributed by atoms with van der Waals surface area (Å²) in [6.07, 6.45) is 2.10. The Morgan fingerprint density at radius 1 is 1.24 bits per heavy atom. The van der Waals surface area contributed by atoms with Crippen LogP contribution in [0.2, 0.25) is 0 Å². The minimum atomic E-state index is -0.834. The Hall–Kier alpha value is -1.32. The summed E-state index contributed by atoms with van der Waals surface area (Å²) < 4.78 is 26.9. The highest BCUT2D eigenvalue weighted by Gasteiger charge is 2.41. The predicted molar refractivity (Wildman–Crippen MR) is 66.0 cm³/mol. The van der Waals surface area contributed by atoms with Crippen LogP contribution in [0.3, 0.4) is 0 Å². The van der Waals surface area contributed by atoms with Gasteiger partial charge in [-0.15, -0.1) is 0 Å². The van der Waals surface area contributed by atoms with Crippen molar-refractivity contribution in [3.63, 3.8) is 0 Å². The summed E-state index contributed by atoms with van der Waals surface area (Å²) in [6, 6.07) is 2.49. The molecule has 1 heterocycles. The van der Waals surface area contributed by atoms with Crippen LogP contribution in [0.15, 0.2) is 12.1 Å². The molecule has 0 unspecified atom stereocenters. The highest BCUT2D eigenvalue weighted by molar-refractivity contribution is 5.69. The van der Waals surface area contributed by atoms with Crippen molar-refractivity contribution in [3.05, 3.63) is 23.8 Å². The molecule has 0 amide bonds. The lowest BCUT2D eigenvalue weighted by molar-refractivity contribution is 0.193. The lowest BCUT2D eigenvalue weighted by Gasteiger charge is -2.51. The fraction of sp³-hybridized carbons (Fsp3) is 0.538. The molecule has 0 saturated carbocycles. The maximum Gasteiger partial charge on any atom is 0.184 e. The average Bonchev–Trinajstić information content (AvgIpc) is 2.27. The molecule has 0 spiro atoms. The molecule has 4 heteroatoms. The summed E-state index contributed by atoms with van der Waals surface area (Å²) in [5.41, 5.74) is 6.50. The maximum absolute atomic E-state index is 13.7. The molecule has 0 atom stereocenters. The number of rotatable bonds is 3. The molecule has 2 rings (SSSR count). The number of hydrogen-bond donors (Lipinski definition) is 1. The van der Waals surface area contributed by atoms with Gasteiger partial charge in [0, 0.05) is 18.5 Å². The van der Waals surface area contributed by atoms with Crippen LogP contribution in [0.25, 0.3) is 0 Å². The molecule has 1 aromatic rings. The van der Waals surface area contributed by atoms with Gasteiger partial charge in [0.15, 0.2) is 11.6 Å². The van der Waals surface area contributed by atoms with Gasteiger partial charge in [0.05, 0.1) is 11.4 Å². The van der Waals surface area contributed by atoms with Crippen LogP contribution in [0, 0.1) is 17.0 Å². The zero-order chi connectivity index (χ0) is 12.6. The molecule has 1 saturated heterocycles. The van der Waals surface area contributed by atoms with Crippen LogP contribution in [0.4, 0.5) is 20.2 Å². The van der Waals surface area contributed by atoms with Gasteiger partial charge in [-0.25, -0.2) is 8.78 Å². The number of nitrogen functional groups attached to an aromatic ring is 1. The first-order valence-corrected chi connectivity index (χ1v) is 6.01. The van der Waals surface area contributed by atoms with Gasteiger partial charge in [0.1, 0.15) is 0 Å². The number of halogens is 2. The van der Waals surface area contributed by atoms with E-state index in [2.05, 4.69) is 13.8 Å². The highest BCUT2D eigenvalue weighted by atomic mass is 19.2. The Kier molecular flexibility index (Phi) is 2.98. The van der Waals surface area contributed by atoms with E-state index in [4.69, 9.17) is 5.73 Å². The molecule has 1 aromatic carbocycles. The standard InChI is InChI=1S/C13H18F2N2/c1-3-13(4-2)7-17(8-13)12-10(16)6-5-9(14)11(12)15/h5-6H,3-4,7-8,16H2,1-2H3. The van der Waals surface area contributed by atoms with Crippen molar-refractivity contribution in [3.8, 4) is 0 Å². The van der Waals surface area contributed by atoms with Crippen molar-refractivity contribution in [1.82, 2.24) is 0 Å². The molecule has 0 radical (unpaired) electrons. The average molecular weight is 240 g/mol. The molecule has 0 bridgehead atoms. The third-order valence-electron chi connectivity index (χ3n) is 3.97. The quantitative estimate of drug-likeness (QED) is 0.822. The number of nitrogens with zero attached hydrogens (tertiary/aromatic N) is 1. The van der Waals surface area contributed by atoms with Gasteiger partial charge in [-0.05, 0) is 25.0 Å². The zero-order valence-electron chi connectivity index (χ0n) is 10.3. The summed E-state index contributed by atoms with van der Waals surface area (Å²) in [5, 5.41) is 0. The molecule has 0 aliphatic carbocycles. The Labute approximate surface area is 100 Å². The van der Waals surface area contributed by atoms with Crippen molar-refractivity contribution in [2.75, 3.05) is 23.7 Å². The molecule has 1 aliphatic heterocycles. The van der Waals surface area contributed by atoms with Crippen LogP contribution in [-0.4, -0.2) is 13.1 Å². The van der Waals surface area contributed by atoms with Crippen LogP contribution >= 0.6 is 0 Å². The monoisotopic (exact) mass is 240 g/mol. The summed E-state index contributed by atoms with van der Waals surface area (Å²) in [6.45, 7) is 5.77. The minimum absolute atomic E-state index is 0.225. The van der Waals surface area contributed by atoms with E-state index in [1.54, 1.807) is 0 Å². The van der Waals surface area contributed by atoms with Gasteiger partial charge < -0.3 is 10.6 Å². The first-order valence-electron chi connectivity index (χ1n) is 6.01. The van der Waals surface area contributed by atoms with Crippen LogP contribution < -0.4 is 10.6 Å². The number of anilines is 2. The van der Waals surface area contributed by atoms with Crippen molar-refractivity contribution < 1.29 is 8.78 Å². The Morgan fingerprint density at radius 2 is 1.82 bits per heavy atom. The highest BCUT2D eigenvalue weighted by Crippen LogP contribution is 2.42. The van der Waals surface area contributed by atoms with Gasteiger partial charge in [-0.2, -0.15) is 0 Å². The van der Waals surface area contributed by atoms with E-state index in [0.717, 1.165) is 32.0 Å². The first-order chi connectivity index (χ1) is 8.03. The van der Waals surface area contributed by atoms with Crippen molar-refractivity contribution >= 4 is 11.4 Å². The summed E-state index contributed by atoms with van der Waals surface area (Å²) in [5.74, 6) is -1.66. The Morgan fingerprint density at radius 3 is 2.35 bits per heavy atom. The molecule has 2 N–H and O–H groups in total. The van der Waals surface area contributed by atoms with Crippen molar-refractivity contribution in [2.45, 2.75) is 26.7 Å². The topological polar surface area (TPSA) is 29.3 Å². The third kappa shape index (κ3) is 1.85. The van der Waals surface area contributed by atoms with Gasteiger partial charge >= 0.3 is 0 Å². The maximum atomic E-state index is 13.7. The van der Waals surface area contributed by atoms with E-state index < -0.39 is 11.6 Å². The molecule has 0 aromatic heterocycles. The van der Waals surface area contributed by atoms with Gasteiger partial charge in [0.25, 0.3) is 0 Å². The molecular weight excluding hydrogens is 222 g/mol. The van der Waals surface area contributed by atoms with Crippen LogP contribution in [0.5, 0.6) is 0 Å². The molecule has 1 fully saturated rings. The Bertz CT molecular complexity index is 420. The first kappa shape index (κ1) is 12.1. The second-order valence-electron chi connectivity index (χ2n) is 4.86. The summed E-state index contributed by atoms with van der Waals surface area (Å²) in [7, 11) is 0. The SMILES string of the molecule is CCC1(CC)CN(c2c(N)ccc(F)c2F)C1. The van der Waals surface area contributed by atoms with Crippen molar-refractivity contribution in [1.29, 1.82) is 0 Å². The van der Waals surface area contributed by atoms with Crippen LogP contribution in [-0.2, 0) is 0 Å². The van der Waals surface area contributed by atoms with E-state index in [1.807, 2.05) is 4.90 Å². The lowest BCUT2D eigenvalue weighted by atomic mass is 9.75. The molecule has 94 valence electrons. The van der Waals surface area contributed by atoms with Gasteiger partial charge in [-0.1, -0.05) is 13.8 Å². The number of hydrogen-bond acceptors (Lipinski definition) is 2. The summed E-state index contributed by atoms with van der Waals surface area (Å²) in [4.78, 5) is 1.83. The fourth-order valence-corrected chi connectivity index (χ4v) is 2.50. The van der Waals surface area contributed by atoms with E-state index in [9.17, 15) is 8.78 Å². The fourth-order valence-electron chi connectivity index (χ4n) is 2.50. The normalized spacial score (nSPS) is 18.0. The third-order valence-corrected chi connectivity index (χ3v) is 3.97. The molecular formula is C13H18F2N2. The predicted octanol–water partition coefficient (Wildman–Crippen LogP) is 3.17. The van der Waals surface area contributed by atoms with E-state index >= 15 is 0 Å². The number of benzene rings is 1. The van der Waals surface area contributed by atoms with Crippen LogP contribution in [0.1, 0.15) is 26.7 Å². The van der Waals surface area contributed by atoms with Gasteiger partial charge in [-0.3, -0.25) is 0 Å². The smallest absolute Gasteiger partial charge is 0.184 e. The van der Waals surface area contributed by atoms with Gasteiger partial charge in [0.2, 0.25) is 0 Å². The second kappa shape index (κ2) is 4.17. The molecule has 2 nitrogen and oxygen atoms in total. The van der Waals surface area contributed by atoms with Crippen molar-refractivity contribution in [2.24, 2.45) is 5.41 Å². The Balaban J connectivity index is 2.24. The lowest BCUT2D eigenvalue weighted by Crippen LogP contribution is -2.56. The number of nitrogens with two attached hydrogens (primary N) is 1. The summed E-state index contributed by atoms with van der Waals surface area (Å²) >= 11 is 0. The van der Waals surface area contributed by atoms with E-state index in [1.165, 1.54) is 6.07 Å². The molecule has 17 heavy (non-hydrogen) atoms.